The lowest BCUT2D eigenvalue weighted by Crippen LogP contribution is -2.13. The number of hydrogen-bond donors (Lipinski definition) is 1. The van der Waals surface area contributed by atoms with Crippen LogP contribution in [0.1, 0.15) is 38.3 Å². The molecule has 0 bridgehead atoms. The minimum absolute atomic E-state index is 0.0241. The van der Waals surface area contributed by atoms with E-state index >= 15 is 0 Å². The van der Waals surface area contributed by atoms with Crippen LogP contribution in [0.3, 0.4) is 0 Å². The summed E-state index contributed by atoms with van der Waals surface area (Å²) in [6.07, 6.45) is 3.82. The van der Waals surface area contributed by atoms with E-state index in [2.05, 4.69) is 18.8 Å². The van der Waals surface area contributed by atoms with Gasteiger partial charge < -0.3 is 10.5 Å². The summed E-state index contributed by atoms with van der Waals surface area (Å²) in [6, 6.07) is 3.90. The summed E-state index contributed by atoms with van der Waals surface area (Å²) in [6.45, 7) is 4.40. The SMILES string of the molecule is COc1ncccc1C(N)CCC(C)C. The van der Waals surface area contributed by atoms with E-state index in [1.807, 2.05) is 12.1 Å². The van der Waals surface area contributed by atoms with Crippen LogP contribution in [-0.4, -0.2) is 12.1 Å². The topological polar surface area (TPSA) is 48.1 Å². The minimum Gasteiger partial charge on any atom is -0.481 e. The Hall–Kier alpha value is -1.09. The lowest BCUT2D eigenvalue weighted by molar-refractivity contribution is 0.384. The van der Waals surface area contributed by atoms with E-state index < -0.39 is 0 Å². The Labute approximate surface area is 91.7 Å². The maximum Gasteiger partial charge on any atom is 0.217 e. The van der Waals surface area contributed by atoms with Crippen molar-refractivity contribution < 1.29 is 4.74 Å². The van der Waals surface area contributed by atoms with Crippen LogP contribution in [0.5, 0.6) is 5.88 Å². The van der Waals surface area contributed by atoms with Crippen molar-refractivity contribution in [1.29, 1.82) is 0 Å². The van der Waals surface area contributed by atoms with Gasteiger partial charge >= 0.3 is 0 Å². The van der Waals surface area contributed by atoms with Gasteiger partial charge in [-0.2, -0.15) is 0 Å². The number of pyridine rings is 1. The van der Waals surface area contributed by atoms with E-state index in [1.165, 1.54) is 0 Å². The van der Waals surface area contributed by atoms with Crippen LogP contribution in [-0.2, 0) is 0 Å². The Balaban J connectivity index is 2.68. The fourth-order valence-corrected chi connectivity index (χ4v) is 1.52. The molecule has 0 saturated heterocycles. The third kappa shape index (κ3) is 3.51. The molecular formula is C12H20N2O. The second-order valence-corrected chi connectivity index (χ2v) is 4.18. The summed E-state index contributed by atoms with van der Waals surface area (Å²) in [4.78, 5) is 4.14. The van der Waals surface area contributed by atoms with Gasteiger partial charge in [-0.3, -0.25) is 0 Å². The highest BCUT2D eigenvalue weighted by Gasteiger charge is 2.12. The summed E-state index contributed by atoms with van der Waals surface area (Å²) in [5.74, 6) is 1.33. The number of nitrogens with zero attached hydrogens (tertiary/aromatic N) is 1. The van der Waals surface area contributed by atoms with Gasteiger partial charge in [0.1, 0.15) is 0 Å². The maximum absolute atomic E-state index is 6.10. The first kappa shape index (κ1) is 12.0. The molecule has 0 spiro atoms. The average Bonchev–Trinajstić information content (AvgIpc) is 2.25. The zero-order valence-corrected chi connectivity index (χ0v) is 9.73. The Kier molecular flexibility index (Phi) is 4.56. The fourth-order valence-electron chi connectivity index (χ4n) is 1.52. The summed E-state index contributed by atoms with van der Waals surface area (Å²) in [5, 5.41) is 0. The Morgan fingerprint density at radius 2 is 2.13 bits per heavy atom. The smallest absolute Gasteiger partial charge is 0.217 e. The highest BCUT2D eigenvalue weighted by Crippen LogP contribution is 2.24. The molecular weight excluding hydrogens is 188 g/mol. The maximum atomic E-state index is 6.10. The summed E-state index contributed by atoms with van der Waals surface area (Å²) in [7, 11) is 1.63. The van der Waals surface area contributed by atoms with Crippen molar-refractivity contribution in [3.8, 4) is 5.88 Å². The largest absolute Gasteiger partial charge is 0.481 e. The van der Waals surface area contributed by atoms with Crippen LogP contribution in [0.2, 0.25) is 0 Å². The van der Waals surface area contributed by atoms with Gasteiger partial charge in [-0.05, 0) is 24.8 Å². The van der Waals surface area contributed by atoms with Crippen molar-refractivity contribution in [2.45, 2.75) is 32.7 Å². The molecule has 2 N–H and O–H groups in total. The minimum atomic E-state index is 0.0241. The van der Waals surface area contributed by atoms with Gasteiger partial charge in [0.25, 0.3) is 0 Å². The van der Waals surface area contributed by atoms with E-state index in [0.29, 0.717) is 11.8 Å². The van der Waals surface area contributed by atoms with Crippen LogP contribution in [0, 0.1) is 5.92 Å². The summed E-state index contributed by atoms with van der Waals surface area (Å²) in [5.41, 5.74) is 7.10. The molecule has 3 nitrogen and oxygen atoms in total. The quantitative estimate of drug-likeness (QED) is 0.808. The van der Waals surface area contributed by atoms with Gasteiger partial charge in [0.05, 0.1) is 7.11 Å². The monoisotopic (exact) mass is 208 g/mol. The van der Waals surface area contributed by atoms with E-state index in [4.69, 9.17) is 10.5 Å². The van der Waals surface area contributed by atoms with Gasteiger partial charge in [0, 0.05) is 17.8 Å². The molecule has 0 aliphatic heterocycles. The van der Waals surface area contributed by atoms with E-state index in [1.54, 1.807) is 13.3 Å². The summed E-state index contributed by atoms with van der Waals surface area (Å²) >= 11 is 0. The number of aromatic nitrogens is 1. The standard InChI is InChI=1S/C12H20N2O/c1-9(2)6-7-11(13)10-5-4-8-14-12(10)15-3/h4-5,8-9,11H,6-7,13H2,1-3H3. The molecule has 15 heavy (non-hydrogen) atoms. The van der Waals surface area contributed by atoms with E-state index in [-0.39, 0.29) is 6.04 Å². The Morgan fingerprint density at radius 1 is 1.40 bits per heavy atom. The molecule has 3 heteroatoms. The molecule has 84 valence electrons. The normalized spacial score (nSPS) is 12.9. The molecule has 1 unspecified atom stereocenters. The van der Waals surface area contributed by atoms with Crippen molar-refractivity contribution in [3.63, 3.8) is 0 Å². The van der Waals surface area contributed by atoms with Crippen molar-refractivity contribution in [2.75, 3.05) is 7.11 Å². The Morgan fingerprint density at radius 3 is 2.73 bits per heavy atom. The second-order valence-electron chi connectivity index (χ2n) is 4.18. The zero-order valence-electron chi connectivity index (χ0n) is 9.73. The predicted octanol–water partition coefficient (Wildman–Crippen LogP) is 2.53. The van der Waals surface area contributed by atoms with Gasteiger partial charge in [-0.1, -0.05) is 19.9 Å². The molecule has 1 atom stereocenters. The summed E-state index contributed by atoms with van der Waals surface area (Å²) < 4.78 is 5.18. The zero-order chi connectivity index (χ0) is 11.3. The molecule has 1 heterocycles. The van der Waals surface area contributed by atoms with Crippen molar-refractivity contribution in [1.82, 2.24) is 4.98 Å². The van der Waals surface area contributed by atoms with Gasteiger partial charge in [0.15, 0.2) is 0 Å². The predicted molar refractivity (Wildman–Crippen MR) is 61.8 cm³/mol. The number of methoxy groups -OCH3 is 1. The van der Waals surface area contributed by atoms with Crippen LogP contribution in [0.4, 0.5) is 0 Å². The van der Waals surface area contributed by atoms with Crippen molar-refractivity contribution in [3.05, 3.63) is 23.9 Å². The van der Waals surface area contributed by atoms with Crippen LogP contribution in [0.15, 0.2) is 18.3 Å². The first-order valence-electron chi connectivity index (χ1n) is 5.39. The first-order valence-corrected chi connectivity index (χ1v) is 5.39. The molecule has 0 aliphatic carbocycles. The average molecular weight is 208 g/mol. The van der Waals surface area contributed by atoms with Crippen LogP contribution >= 0.6 is 0 Å². The highest BCUT2D eigenvalue weighted by atomic mass is 16.5. The van der Waals surface area contributed by atoms with Gasteiger partial charge in [-0.15, -0.1) is 0 Å². The number of hydrogen-bond acceptors (Lipinski definition) is 3. The van der Waals surface area contributed by atoms with E-state index in [0.717, 1.165) is 18.4 Å². The highest BCUT2D eigenvalue weighted by molar-refractivity contribution is 5.28. The Bertz CT molecular complexity index is 299. The van der Waals surface area contributed by atoms with Gasteiger partial charge in [-0.25, -0.2) is 4.98 Å². The third-order valence-corrected chi connectivity index (χ3v) is 2.45. The molecule has 0 aromatic carbocycles. The molecule has 0 saturated carbocycles. The number of ether oxygens (including phenoxy) is 1. The lowest BCUT2D eigenvalue weighted by Gasteiger charge is -2.15. The molecule has 0 aliphatic rings. The number of nitrogens with two attached hydrogens (primary N) is 1. The molecule has 0 fully saturated rings. The van der Waals surface area contributed by atoms with Gasteiger partial charge in [0.2, 0.25) is 5.88 Å². The van der Waals surface area contributed by atoms with Crippen molar-refractivity contribution in [2.24, 2.45) is 11.7 Å². The van der Waals surface area contributed by atoms with Crippen LogP contribution in [0.25, 0.3) is 0 Å². The number of rotatable bonds is 5. The molecule has 1 aromatic heterocycles. The first-order chi connectivity index (χ1) is 7.15. The molecule has 1 rings (SSSR count). The second kappa shape index (κ2) is 5.71. The molecule has 0 amide bonds. The van der Waals surface area contributed by atoms with Crippen LogP contribution < -0.4 is 10.5 Å². The third-order valence-electron chi connectivity index (χ3n) is 2.45. The fraction of sp³-hybridized carbons (Fsp3) is 0.583. The molecule has 0 radical (unpaired) electrons. The molecule has 1 aromatic rings. The lowest BCUT2D eigenvalue weighted by atomic mass is 9.99. The van der Waals surface area contributed by atoms with E-state index in [9.17, 15) is 0 Å². The van der Waals surface area contributed by atoms with Crippen molar-refractivity contribution >= 4 is 0 Å².